The smallest absolute Gasteiger partial charge is 0.421 e. The molecule has 1 amide bonds. The zero-order valence-electron chi connectivity index (χ0n) is 19.8. The summed E-state index contributed by atoms with van der Waals surface area (Å²) in [6.45, 7) is 6.55. The molecule has 1 aromatic carbocycles. The Morgan fingerprint density at radius 2 is 1.94 bits per heavy atom. The number of benzene rings is 1. The number of carbonyl (C=O) groups excluding carboxylic acids is 1. The maximum absolute atomic E-state index is 12.6. The van der Waals surface area contributed by atoms with Crippen molar-refractivity contribution in [3.05, 3.63) is 64.1 Å². The number of hydrogen-bond acceptors (Lipinski definition) is 8. The number of aromatic nitrogens is 2. The van der Waals surface area contributed by atoms with Gasteiger partial charge in [-0.1, -0.05) is 6.07 Å². The van der Waals surface area contributed by atoms with Gasteiger partial charge in [0, 0.05) is 24.1 Å². The van der Waals surface area contributed by atoms with Crippen LogP contribution in [-0.4, -0.2) is 34.4 Å². The van der Waals surface area contributed by atoms with Gasteiger partial charge in [0.15, 0.2) is 4.90 Å². The summed E-state index contributed by atoms with van der Waals surface area (Å²) < 4.78 is 33.9. The Morgan fingerprint density at radius 1 is 1.23 bits per heavy atom. The predicted molar refractivity (Wildman–Crippen MR) is 129 cm³/mol. The highest BCUT2D eigenvalue weighted by Crippen LogP contribution is 2.40. The first-order valence-electron chi connectivity index (χ1n) is 11.1. The van der Waals surface area contributed by atoms with Gasteiger partial charge in [0.2, 0.25) is 0 Å². The Labute approximate surface area is 202 Å². The number of rotatable bonds is 7. The van der Waals surface area contributed by atoms with Crippen molar-refractivity contribution < 1.29 is 22.9 Å². The van der Waals surface area contributed by atoms with Crippen molar-refractivity contribution in [2.24, 2.45) is 0 Å². The van der Waals surface area contributed by atoms with Gasteiger partial charge < -0.3 is 14.5 Å². The number of sulfonamides is 1. The van der Waals surface area contributed by atoms with E-state index in [1.54, 1.807) is 25.5 Å². The molecule has 12 heteroatoms. The van der Waals surface area contributed by atoms with Crippen LogP contribution in [0.3, 0.4) is 0 Å². The van der Waals surface area contributed by atoms with Crippen LogP contribution in [0, 0.1) is 10.1 Å². The molecule has 1 aliphatic rings. The van der Waals surface area contributed by atoms with E-state index in [9.17, 15) is 23.3 Å². The molecule has 35 heavy (non-hydrogen) atoms. The van der Waals surface area contributed by atoms with E-state index in [4.69, 9.17) is 4.74 Å². The van der Waals surface area contributed by atoms with Gasteiger partial charge in [-0.2, -0.15) is 0 Å². The number of carbonyl (C=O) groups is 1. The van der Waals surface area contributed by atoms with E-state index in [2.05, 4.69) is 22.6 Å². The van der Waals surface area contributed by atoms with Gasteiger partial charge in [-0.05, 0) is 70.2 Å². The molecule has 4 rings (SSSR count). The van der Waals surface area contributed by atoms with Crippen molar-refractivity contribution in [3.8, 4) is 0 Å². The standard InChI is InChI=1S/C23H27N5O6S/c1-14(18-13-27-12-16(15-5-6-15)7-10-21(27)25-18)24-17-8-9-20(19(11-17)28(30)31)35(32,33)26-22(29)34-23(2,3)4/h7-15,24H,5-6H2,1-4H3,(H,26,29). The normalized spacial score (nSPS) is 15.0. The second-order valence-electron chi connectivity index (χ2n) is 9.58. The number of ether oxygens (including phenoxy) is 1. The summed E-state index contributed by atoms with van der Waals surface area (Å²) in [6, 6.07) is 7.31. The lowest BCUT2D eigenvalue weighted by Gasteiger charge is -2.19. The van der Waals surface area contributed by atoms with E-state index in [-0.39, 0.29) is 6.04 Å². The summed E-state index contributed by atoms with van der Waals surface area (Å²) in [5.41, 5.74) is 1.50. The molecule has 3 aromatic rings. The lowest BCUT2D eigenvalue weighted by Crippen LogP contribution is -2.36. The van der Waals surface area contributed by atoms with Gasteiger partial charge in [-0.15, -0.1) is 0 Å². The van der Waals surface area contributed by atoms with Crippen molar-refractivity contribution >= 4 is 33.1 Å². The van der Waals surface area contributed by atoms with Crippen molar-refractivity contribution in [3.63, 3.8) is 0 Å². The van der Waals surface area contributed by atoms with Crippen LogP contribution in [0.2, 0.25) is 0 Å². The Balaban J connectivity index is 1.55. The number of hydrogen-bond donors (Lipinski definition) is 2. The zero-order chi connectivity index (χ0) is 25.5. The molecule has 186 valence electrons. The number of nitrogens with one attached hydrogen (secondary N) is 2. The minimum Gasteiger partial charge on any atom is -0.443 e. The Hall–Kier alpha value is -3.67. The largest absolute Gasteiger partial charge is 0.443 e. The number of nitrogens with zero attached hydrogens (tertiary/aromatic N) is 3. The predicted octanol–water partition coefficient (Wildman–Crippen LogP) is 4.51. The van der Waals surface area contributed by atoms with E-state index >= 15 is 0 Å². The SMILES string of the molecule is CC(Nc1ccc(S(=O)(=O)NC(=O)OC(C)(C)C)c([N+](=O)[O-])c1)c1cn2cc(C3CC3)ccc2n1. The van der Waals surface area contributed by atoms with Crippen LogP contribution >= 0.6 is 0 Å². The Bertz CT molecular complexity index is 1410. The van der Waals surface area contributed by atoms with Crippen LogP contribution in [0.1, 0.15) is 63.8 Å². The fourth-order valence-electron chi connectivity index (χ4n) is 3.66. The maximum atomic E-state index is 12.6. The molecule has 1 saturated carbocycles. The third-order valence-corrected chi connectivity index (χ3v) is 6.79. The first kappa shape index (κ1) is 24.5. The van der Waals surface area contributed by atoms with E-state index in [1.807, 2.05) is 23.6 Å². The highest BCUT2D eigenvalue weighted by Gasteiger charge is 2.30. The quantitative estimate of drug-likeness (QED) is 0.355. The van der Waals surface area contributed by atoms with E-state index < -0.39 is 37.2 Å². The Kier molecular flexibility index (Phi) is 6.18. The molecule has 0 spiro atoms. The molecule has 1 atom stereocenters. The first-order valence-corrected chi connectivity index (χ1v) is 12.6. The van der Waals surface area contributed by atoms with Gasteiger partial charge >= 0.3 is 6.09 Å². The summed E-state index contributed by atoms with van der Waals surface area (Å²) in [5.74, 6) is 0.612. The third-order valence-electron chi connectivity index (χ3n) is 5.43. The molecule has 2 heterocycles. The molecule has 0 radical (unpaired) electrons. The number of imidazole rings is 1. The lowest BCUT2D eigenvalue weighted by molar-refractivity contribution is -0.387. The lowest BCUT2D eigenvalue weighted by atomic mass is 10.2. The first-order chi connectivity index (χ1) is 16.3. The van der Waals surface area contributed by atoms with Crippen LogP contribution in [-0.2, 0) is 14.8 Å². The number of amides is 1. The summed E-state index contributed by atoms with van der Waals surface area (Å²) in [5, 5.41) is 14.8. The van der Waals surface area contributed by atoms with Crippen LogP contribution in [0.15, 0.2) is 47.6 Å². The highest BCUT2D eigenvalue weighted by atomic mass is 32.2. The van der Waals surface area contributed by atoms with Crippen molar-refractivity contribution in [2.75, 3.05) is 5.32 Å². The summed E-state index contributed by atoms with van der Waals surface area (Å²) >= 11 is 0. The average molecular weight is 502 g/mol. The van der Waals surface area contributed by atoms with E-state index in [0.29, 0.717) is 11.6 Å². The average Bonchev–Trinajstić information content (AvgIpc) is 3.49. The molecule has 0 saturated heterocycles. The number of nitro benzene ring substituents is 1. The topological polar surface area (TPSA) is 145 Å². The second-order valence-corrected chi connectivity index (χ2v) is 11.2. The molecule has 2 N–H and O–H groups in total. The molecule has 11 nitrogen and oxygen atoms in total. The molecule has 2 aromatic heterocycles. The molecule has 1 aliphatic carbocycles. The maximum Gasteiger partial charge on any atom is 0.421 e. The number of fused-ring (bicyclic) bond motifs is 1. The van der Waals surface area contributed by atoms with Gasteiger partial charge in [0.05, 0.1) is 16.7 Å². The van der Waals surface area contributed by atoms with Crippen molar-refractivity contribution in [1.82, 2.24) is 14.1 Å². The number of pyridine rings is 1. The fraction of sp³-hybridized carbons (Fsp3) is 0.391. The number of anilines is 1. The minimum atomic E-state index is -4.54. The van der Waals surface area contributed by atoms with Crippen LogP contribution in [0.5, 0.6) is 0 Å². The zero-order valence-corrected chi connectivity index (χ0v) is 20.6. The summed E-state index contributed by atoms with van der Waals surface area (Å²) in [7, 11) is -4.54. The van der Waals surface area contributed by atoms with Gasteiger partial charge in [-0.3, -0.25) is 10.1 Å². The van der Waals surface area contributed by atoms with Gasteiger partial charge in [0.1, 0.15) is 11.2 Å². The van der Waals surface area contributed by atoms with Crippen LogP contribution in [0.25, 0.3) is 5.65 Å². The van der Waals surface area contributed by atoms with Crippen LogP contribution < -0.4 is 10.0 Å². The van der Waals surface area contributed by atoms with Gasteiger partial charge in [0.25, 0.3) is 15.7 Å². The van der Waals surface area contributed by atoms with Gasteiger partial charge in [-0.25, -0.2) is 22.9 Å². The summed E-state index contributed by atoms with van der Waals surface area (Å²) in [4.78, 5) is 26.7. The Morgan fingerprint density at radius 3 is 2.57 bits per heavy atom. The van der Waals surface area contributed by atoms with Crippen LogP contribution in [0.4, 0.5) is 16.2 Å². The third kappa shape index (κ3) is 5.70. The van der Waals surface area contributed by atoms with Crippen molar-refractivity contribution in [2.45, 2.75) is 63.0 Å². The molecule has 0 aliphatic heterocycles. The van der Waals surface area contributed by atoms with Crippen molar-refractivity contribution in [1.29, 1.82) is 0 Å². The summed E-state index contributed by atoms with van der Waals surface area (Å²) in [6.07, 6.45) is 5.14. The second kappa shape index (κ2) is 8.84. The minimum absolute atomic E-state index is 0.318. The fourth-order valence-corrected chi connectivity index (χ4v) is 4.69. The monoisotopic (exact) mass is 501 g/mol. The molecular formula is C23H27N5O6S. The van der Waals surface area contributed by atoms with E-state index in [0.717, 1.165) is 23.5 Å². The molecule has 0 bridgehead atoms. The van der Waals surface area contributed by atoms with E-state index in [1.165, 1.54) is 24.5 Å². The molecular weight excluding hydrogens is 474 g/mol. The molecule has 1 fully saturated rings. The number of nitro groups is 1. The molecule has 1 unspecified atom stereocenters. The highest BCUT2D eigenvalue weighted by molar-refractivity contribution is 7.90.